The van der Waals surface area contributed by atoms with Crippen LogP contribution in [0.3, 0.4) is 0 Å². The van der Waals surface area contributed by atoms with Crippen molar-refractivity contribution < 1.29 is 13.6 Å². The van der Waals surface area contributed by atoms with Gasteiger partial charge in [-0.15, -0.1) is 0 Å². The highest BCUT2D eigenvalue weighted by atomic mass is 16.5. The van der Waals surface area contributed by atoms with Gasteiger partial charge in [-0.1, -0.05) is 60.7 Å². The maximum atomic E-state index is 6.85. The molecule has 8 aromatic rings. The molecule has 0 N–H and O–H groups in total. The third-order valence-corrected chi connectivity index (χ3v) is 8.43. The summed E-state index contributed by atoms with van der Waals surface area (Å²) in [4.78, 5) is 11.2. The van der Waals surface area contributed by atoms with E-state index in [2.05, 4.69) is 70.5 Å². The first kappa shape index (κ1) is 26.2. The molecule has 5 aromatic carbocycles. The van der Waals surface area contributed by atoms with Crippen molar-refractivity contribution in [3.8, 4) is 11.5 Å². The fourth-order valence-electron chi connectivity index (χ4n) is 6.35. The monoisotopic (exact) mass is 600 g/mol. The van der Waals surface area contributed by atoms with E-state index in [0.717, 1.165) is 62.3 Å². The molecular formula is C39H28N4O3. The third-order valence-electron chi connectivity index (χ3n) is 8.43. The molecule has 3 aromatic heterocycles. The van der Waals surface area contributed by atoms with E-state index in [0.29, 0.717) is 22.7 Å². The third kappa shape index (κ3) is 4.32. The highest BCUT2D eigenvalue weighted by Gasteiger charge is 2.23. The van der Waals surface area contributed by atoms with Crippen molar-refractivity contribution in [2.24, 2.45) is 0 Å². The molecule has 0 fully saturated rings. The lowest BCUT2D eigenvalue weighted by Gasteiger charge is -2.25. The van der Waals surface area contributed by atoms with E-state index in [1.165, 1.54) is 0 Å². The molecule has 0 atom stereocenters. The molecule has 0 saturated heterocycles. The van der Waals surface area contributed by atoms with Crippen LogP contribution in [0.25, 0.3) is 43.9 Å². The first-order valence-corrected chi connectivity index (χ1v) is 15.2. The number of fused-ring (bicyclic) bond motifs is 6. The first-order valence-electron chi connectivity index (χ1n) is 15.2. The van der Waals surface area contributed by atoms with Crippen molar-refractivity contribution >= 4 is 66.8 Å². The standard InChI is InChI=1S/C39H28N4O3/c1-41-19-20-42(25-41)27-21-31-29-13-5-7-15-33(29)46-39(31)36(22-27)44-28-23-32(38-30-14-6-8-16-34(30)45-35(38)24-28)43(26-11-3-2-4-12-26)37-17-9-10-18-40-37/h2-24H,25H2,1H3. The number of anilines is 4. The highest BCUT2D eigenvalue weighted by Crippen LogP contribution is 2.46. The Bertz CT molecular complexity index is 2370. The summed E-state index contributed by atoms with van der Waals surface area (Å²) in [7, 11) is 2.06. The van der Waals surface area contributed by atoms with E-state index < -0.39 is 0 Å². The minimum atomic E-state index is 0.617. The summed E-state index contributed by atoms with van der Waals surface area (Å²) in [6.45, 7) is 0.742. The zero-order valence-corrected chi connectivity index (χ0v) is 25.0. The Kier molecular flexibility index (Phi) is 5.96. The minimum Gasteiger partial charge on any atom is -0.456 e. The number of nitrogens with zero attached hydrogens (tertiary/aromatic N) is 4. The predicted molar refractivity (Wildman–Crippen MR) is 184 cm³/mol. The van der Waals surface area contributed by atoms with E-state index in [1.807, 2.05) is 91.1 Å². The number of para-hydroxylation sites is 3. The van der Waals surface area contributed by atoms with Crippen LogP contribution in [0.1, 0.15) is 0 Å². The second-order valence-electron chi connectivity index (χ2n) is 11.5. The van der Waals surface area contributed by atoms with Crippen molar-refractivity contribution in [1.29, 1.82) is 0 Å². The fraction of sp³-hybridized carbons (Fsp3) is 0.0513. The molecule has 1 aliphatic rings. The number of benzene rings is 5. The smallest absolute Gasteiger partial charge is 0.178 e. The zero-order valence-electron chi connectivity index (χ0n) is 25.0. The first-order chi connectivity index (χ1) is 22.7. The molecule has 0 saturated carbocycles. The molecule has 9 rings (SSSR count). The Balaban J connectivity index is 1.28. The maximum absolute atomic E-state index is 6.85. The largest absolute Gasteiger partial charge is 0.456 e. The topological polar surface area (TPSA) is 58.1 Å². The lowest BCUT2D eigenvalue weighted by atomic mass is 10.1. The van der Waals surface area contributed by atoms with E-state index in [-0.39, 0.29) is 0 Å². The molecule has 0 aliphatic carbocycles. The quantitative estimate of drug-likeness (QED) is 0.188. The van der Waals surface area contributed by atoms with Crippen molar-refractivity contribution in [2.45, 2.75) is 0 Å². The zero-order chi connectivity index (χ0) is 30.6. The van der Waals surface area contributed by atoms with Gasteiger partial charge in [0.15, 0.2) is 11.3 Å². The Labute approximate surface area is 264 Å². The summed E-state index contributed by atoms with van der Waals surface area (Å²) < 4.78 is 19.8. The Morgan fingerprint density at radius 2 is 1.46 bits per heavy atom. The van der Waals surface area contributed by atoms with Gasteiger partial charge < -0.3 is 23.4 Å². The van der Waals surface area contributed by atoms with Gasteiger partial charge in [0.2, 0.25) is 0 Å². The van der Waals surface area contributed by atoms with Gasteiger partial charge in [-0.05, 0) is 42.5 Å². The summed E-state index contributed by atoms with van der Waals surface area (Å²) >= 11 is 0. The molecule has 0 radical (unpaired) electrons. The molecule has 7 heteroatoms. The van der Waals surface area contributed by atoms with Crippen LogP contribution >= 0.6 is 0 Å². The maximum Gasteiger partial charge on any atom is 0.178 e. The summed E-state index contributed by atoms with van der Waals surface area (Å²) in [5.41, 5.74) is 5.90. The van der Waals surface area contributed by atoms with Gasteiger partial charge >= 0.3 is 0 Å². The average Bonchev–Trinajstić information content (AvgIpc) is 3.81. The van der Waals surface area contributed by atoms with Crippen LogP contribution in [0.4, 0.5) is 22.9 Å². The molecule has 7 nitrogen and oxygen atoms in total. The van der Waals surface area contributed by atoms with E-state index in [1.54, 1.807) is 0 Å². The van der Waals surface area contributed by atoms with Crippen LogP contribution in [0.15, 0.2) is 149 Å². The number of rotatable bonds is 6. The van der Waals surface area contributed by atoms with Gasteiger partial charge in [0.05, 0.1) is 17.7 Å². The van der Waals surface area contributed by atoms with Crippen molar-refractivity contribution in [2.75, 3.05) is 23.5 Å². The van der Waals surface area contributed by atoms with Crippen molar-refractivity contribution in [3.05, 3.63) is 140 Å². The average molecular weight is 601 g/mol. The summed E-state index contributed by atoms with van der Waals surface area (Å²) in [5.74, 6) is 2.02. The molecule has 0 amide bonds. The number of aromatic nitrogens is 1. The van der Waals surface area contributed by atoms with E-state index in [9.17, 15) is 0 Å². The fourth-order valence-corrected chi connectivity index (χ4v) is 6.35. The summed E-state index contributed by atoms with van der Waals surface area (Å²) in [5, 5.41) is 4.03. The SMILES string of the molecule is CN1C=CN(c2cc(Oc3cc(N(c4ccccc4)c4ccccn4)c4c(c3)oc3ccccc34)c3oc4ccccc4c3c2)C1. The van der Waals surface area contributed by atoms with Crippen LogP contribution in [0.5, 0.6) is 11.5 Å². The number of pyridine rings is 1. The van der Waals surface area contributed by atoms with Crippen molar-refractivity contribution in [3.63, 3.8) is 0 Å². The van der Waals surface area contributed by atoms with Crippen molar-refractivity contribution in [1.82, 2.24) is 9.88 Å². The van der Waals surface area contributed by atoms with Gasteiger partial charge in [-0.3, -0.25) is 4.90 Å². The second-order valence-corrected chi connectivity index (χ2v) is 11.5. The lowest BCUT2D eigenvalue weighted by Crippen LogP contribution is -2.21. The summed E-state index contributed by atoms with van der Waals surface area (Å²) in [6, 6.07) is 40.6. The van der Waals surface area contributed by atoms with Gasteiger partial charge in [0.1, 0.15) is 28.3 Å². The lowest BCUT2D eigenvalue weighted by molar-refractivity contribution is 0.475. The van der Waals surface area contributed by atoms with Crippen LogP contribution in [-0.4, -0.2) is 23.6 Å². The Morgan fingerprint density at radius 3 is 2.24 bits per heavy atom. The molecule has 4 heterocycles. The van der Waals surface area contributed by atoms with Gasteiger partial charge in [-0.2, -0.15) is 0 Å². The molecule has 0 spiro atoms. The van der Waals surface area contributed by atoms with E-state index in [4.69, 9.17) is 18.6 Å². The second kappa shape index (κ2) is 10.5. The van der Waals surface area contributed by atoms with Crippen LogP contribution in [-0.2, 0) is 0 Å². The highest BCUT2D eigenvalue weighted by molar-refractivity contribution is 6.14. The molecule has 222 valence electrons. The molecule has 1 aliphatic heterocycles. The van der Waals surface area contributed by atoms with Gasteiger partial charge in [0, 0.05) is 71.4 Å². The minimum absolute atomic E-state index is 0.617. The number of ether oxygens (including phenoxy) is 1. The molecule has 46 heavy (non-hydrogen) atoms. The molecule has 0 unspecified atom stereocenters. The number of hydrogen-bond donors (Lipinski definition) is 0. The van der Waals surface area contributed by atoms with E-state index >= 15 is 0 Å². The molecular weight excluding hydrogens is 572 g/mol. The van der Waals surface area contributed by atoms with Gasteiger partial charge in [-0.25, -0.2) is 4.98 Å². The Hall–Kier alpha value is -6.21. The summed E-state index contributed by atoms with van der Waals surface area (Å²) in [6.07, 6.45) is 5.95. The number of furan rings is 2. The van der Waals surface area contributed by atoms with Gasteiger partial charge in [0.25, 0.3) is 0 Å². The normalized spacial score (nSPS) is 13.1. The Morgan fingerprint density at radius 1 is 0.696 bits per heavy atom. The van der Waals surface area contributed by atoms with Crippen LogP contribution < -0.4 is 14.5 Å². The number of hydrogen-bond acceptors (Lipinski definition) is 7. The van der Waals surface area contributed by atoms with Crippen LogP contribution in [0.2, 0.25) is 0 Å². The predicted octanol–water partition coefficient (Wildman–Crippen LogP) is 10.3. The van der Waals surface area contributed by atoms with Crippen LogP contribution in [0, 0.1) is 0 Å². The molecule has 0 bridgehead atoms.